The summed E-state index contributed by atoms with van der Waals surface area (Å²) in [5.74, 6) is 1.87. The molecule has 164 valence electrons. The van der Waals surface area contributed by atoms with Crippen molar-refractivity contribution in [2.24, 2.45) is 5.92 Å². The lowest BCUT2D eigenvalue weighted by molar-refractivity contribution is -0.137. The lowest BCUT2D eigenvalue weighted by atomic mass is 9.95. The molecule has 4 aromatic rings. The predicted molar refractivity (Wildman–Crippen MR) is 116 cm³/mol. The van der Waals surface area contributed by atoms with E-state index < -0.39 is 11.7 Å². The number of nitrogen functional groups attached to an aromatic ring is 1. The van der Waals surface area contributed by atoms with Gasteiger partial charge in [-0.25, -0.2) is 9.97 Å². The summed E-state index contributed by atoms with van der Waals surface area (Å²) in [5, 5.41) is 0.855. The number of ether oxygens (including phenoxy) is 1. The summed E-state index contributed by atoms with van der Waals surface area (Å²) in [5.41, 5.74) is 9.59. The molecule has 0 unspecified atom stereocenters. The number of fused-ring (bicyclic) bond motifs is 3. The number of anilines is 1. The van der Waals surface area contributed by atoms with Crippen molar-refractivity contribution in [1.29, 1.82) is 0 Å². The van der Waals surface area contributed by atoms with Crippen LogP contribution >= 0.6 is 0 Å². The highest BCUT2D eigenvalue weighted by Crippen LogP contribution is 2.40. The molecule has 2 aromatic carbocycles. The SMILES string of the molecule is C[C@@H]1CCc2c(-c3ccc(Oc4ccc(C(F)(F)F)cc4)cc3)c3c(N)ncnc3n2C1. The molecule has 0 amide bonds. The van der Waals surface area contributed by atoms with E-state index in [2.05, 4.69) is 21.5 Å². The molecule has 0 spiro atoms. The van der Waals surface area contributed by atoms with E-state index in [-0.39, 0.29) is 0 Å². The molecule has 2 N–H and O–H groups in total. The summed E-state index contributed by atoms with van der Waals surface area (Å²) in [6, 6.07) is 12.1. The zero-order chi connectivity index (χ0) is 22.5. The third-order valence-corrected chi connectivity index (χ3v) is 5.91. The number of hydrogen-bond acceptors (Lipinski definition) is 4. The number of nitrogens with two attached hydrogens (primary N) is 1. The molecule has 0 saturated heterocycles. The van der Waals surface area contributed by atoms with Crippen LogP contribution in [0.1, 0.15) is 24.6 Å². The number of hydrogen-bond donors (Lipinski definition) is 1. The van der Waals surface area contributed by atoms with Crippen LogP contribution in [-0.4, -0.2) is 14.5 Å². The molecule has 1 aliphatic rings. The van der Waals surface area contributed by atoms with Gasteiger partial charge in [-0.3, -0.25) is 0 Å². The van der Waals surface area contributed by atoms with Gasteiger partial charge in [-0.1, -0.05) is 19.1 Å². The van der Waals surface area contributed by atoms with Gasteiger partial charge in [0.25, 0.3) is 0 Å². The summed E-state index contributed by atoms with van der Waals surface area (Å²) in [6.07, 6.45) is -0.861. The molecule has 0 radical (unpaired) electrons. The summed E-state index contributed by atoms with van der Waals surface area (Å²) < 4.78 is 46.2. The molecular weight excluding hydrogens is 417 g/mol. The minimum Gasteiger partial charge on any atom is -0.457 e. The minimum absolute atomic E-state index is 0.337. The van der Waals surface area contributed by atoms with Crippen LogP contribution in [0.25, 0.3) is 22.2 Å². The molecule has 3 heterocycles. The molecular formula is C24H21F3N4O. The number of halogens is 3. The second-order valence-corrected chi connectivity index (χ2v) is 8.18. The Balaban J connectivity index is 1.48. The molecule has 5 nitrogen and oxygen atoms in total. The maximum Gasteiger partial charge on any atom is 0.416 e. The zero-order valence-electron chi connectivity index (χ0n) is 17.4. The van der Waals surface area contributed by atoms with E-state index >= 15 is 0 Å². The van der Waals surface area contributed by atoms with Crippen molar-refractivity contribution in [2.75, 3.05) is 5.73 Å². The van der Waals surface area contributed by atoms with Crippen LogP contribution in [0.15, 0.2) is 54.9 Å². The van der Waals surface area contributed by atoms with Gasteiger partial charge < -0.3 is 15.0 Å². The second kappa shape index (κ2) is 7.55. The van der Waals surface area contributed by atoms with E-state index in [0.29, 0.717) is 23.2 Å². The lowest BCUT2D eigenvalue weighted by Gasteiger charge is -2.22. The van der Waals surface area contributed by atoms with Gasteiger partial charge in [0, 0.05) is 17.8 Å². The third-order valence-electron chi connectivity index (χ3n) is 5.91. The van der Waals surface area contributed by atoms with Gasteiger partial charge in [0.15, 0.2) is 0 Å². The topological polar surface area (TPSA) is 66.0 Å². The maximum atomic E-state index is 12.7. The Morgan fingerprint density at radius 1 is 1.00 bits per heavy atom. The van der Waals surface area contributed by atoms with E-state index in [9.17, 15) is 13.2 Å². The van der Waals surface area contributed by atoms with Crippen LogP contribution in [0.4, 0.5) is 19.0 Å². The zero-order valence-corrected chi connectivity index (χ0v) is 17.4. The Morgan fingerprint density at radius 3 is 2.31 bits per heavy atom. The smallest absolute Gasteiger partial charge is 0.416 e. The van der Waals surface area contributed by atoms with Crippen molar-refractivity contribution in [2.45, 2.75) is 32.5 Å². The summed E-state index contributed by atoms with van der Waals surface area (Å²) in [6.45, 7) is 3.11. The van der Waals surface area contributed by atoms with Gasteiger partial charge in [-0.15, -0.1) is 0 Å². The first-order chi connectivity index (χ1) is 15.3. The molecule has 1 aliphatic heterocycles. The average molecular weight is 438 g/mol. The van der Waals surface area contributed by atoms with E-state index in [1.165, 1.54) is 24.2 Å². The standard InChI is InChI=1S/C24H21F3N4O/c1-14-2-11-19-20(21-22(28)29-13-30-23(21)31(19)12-14)15-3-7-17(8-4-15)32-18-9-5-16(6-10-18)24(25,26)27/h3-10,13-14H,2,11-12H2,1H3,(H2,28,29,30)/t14-/m1/s1. The highest BCUT2D eigenvalue weighted by Gasteiger charge is 2.30. The number of aromatic nitrogens is 3. The maximum absolute atomic E-state index is 12.7. The van der Waals surface area contributed by atoms with Crippen molar-refractivity contribution in [3.8, 4) is 22.6 Å². The first-order valence-corrected chi connectivity index (χ1v) is 10.4. The molecule has 2 aromatic heterocycles. The number of alkyl halides is 3. The number of nitrogens with zero attached hydrogens (tertiary/aromatic N) is 3. The summed E-state index contributed by atoms with van der Waals surface area (Å²) >= 11 is 0. The van der Waals surface area contributed by atoms with Gasteiger partial charge in [-0.2, -0.15) is 13.2 Å². The van der Waals surface area contributed by atoms with Crippen LogP contribution < -0.4 is 10.5 Å². The van der Waals surface area contributed by atoms with Crippen molar-refractivity contribution >= 4 is 16.9 Å². The Labute approximate surface area is 182 Å². The van der Waals surface area contributed by atoms with Gasteiger partial charge in [0.2, 0.25) is 0 Å². The van der Waals surface area contributed by atoms with E-state index in [0.717, 1.165) is 53.7 Å². The highest BCUT2D eigenvalue weighted by atomic mass is 19.4. The number of benzene rings is 2. The van der Waals surface area contributed by atoms with Crippen LogP contribution in [0.2, 0.25) is 0 Å². The van der Waals surface area contributed by atoms with Crippen LogP contribution in [-0.2, 0) is 19.1 Å². The molecule has 8 heteroatoms. The Bertz CT molecular complexity index is 1280. The predicted octanol–water partition coefficient (Wildman–Crippen LogP) is 6.07. The normalized spacial score (nSPS) is 16.2. The lowest BCUT2D eigenvalue weighted by Crippen LogP contribution is -2.18. The fraction of sp³-hybridized carbons (Fsp3) is 0.250. The fourth-order valence-corrected chi connectivity index (χ4v) is 4.33. The van der Waals surface area contributed by atoms with E-state index in [4.69, 9.17) is 10.5 Å². The molecule has 1 atom stereocenters. The monoisotopic (exact) mass is 438 g/mol. The van der Waals surface area contributed by atoms with Gasteiger partial charge in [-0.05, 0) is 60.7 Å². The van der Waals surface area contributed by atoms with Crippen molar-refractivity contribution in [1.82, 2.24) is 14.5 Å². The number of rotatable bonds is 3. The quantitative estimate of drug-likeness (QED) is 0.421. The van der Waals surface area contributed by atoms with Crippen molar-refractivity contribution in [3.05, 3.63) is 66.1 Å². The summed E-state index contributed by atoms with van der Waals surface area (Å²) in [4.78, 5) is 8.70. The van der Waals surface area contributed by atoms with E-state index in [1.807, 2.05) is 12.1 Å². The third kappa shape index (κ3) is 3.55. The highest BCUT2D eigenvalue weighted by molar-refractivity contribution is 6.02. The van der Waals surface area contributed by atoms with Crippen LogP contribution in [0, 0.1) is 5.92 Å². The molecule has 0 aliphatic carbocycles. The minimum atomic E-state index is -4.37. The van der Waals surface area contributed by atoms with Gasteiger partial charge in [0.1, 0.15) is 29.3 Å². The van der Waals surface area contributed by atoms with Gasteiger partial charge in [0.05, 0.1) is 10.9 Å². The average Bonchev–Trinajstić information content (AvgIpc) is 3.09. The van der Waals surface area contributed by atoms with Crippen LogP contribution in [0.3, 0.4) is 0 Å². The van der Waals surface area contributed by atoms with Crippen LogP contribution in [0.5, 0.6) is 11.5 Å². The second-order valence-electron chi connectivity index (χ2n) is 8.18. The van der Waals surface area contributed by atoms with E-state index in [1.54, 1.807) is 12.1 Å². The molecule has 0 fully saturated rings. The Kier molecular flexibility index (Phi) is 4.80. The molecule has 5 rings (SSSR count). The van der Waals surface area contributed by atoms with Gasteiger partial charge >= 0.3 is 6.18 Å². The summed E-state index contributed by atoms with van der Waals surface area (Å²) in [7, 11) is 0. The Morgan fingerprint density at radius 2 is 1.66 bits per heavy atom. The first-order valence-electron chi connectivity index (χ1n) is 10.4. The first kappa shape index (κ1) is 20.4. The van der Waals surface area contributed by atoms with Crippen molar-refractivity contribution < 1.29 is 17.9 Å². The molecule has 0 saturated carbocycles. The molecule has 0 bridgehead atoms. The molecule has 32 heavy (non-hydrogen) atoms. The largest absolute Gasteiger partial charge is 0.457 e. The van der Waals surface area contributed by atoms with Crippen molar-refractivity contribution in [3.63, 3.8) is 0 Å². The Hall–Kier alpha value is -3.55. The fourth-order valence-electron chi connectivity index (χ4n) is 4.33.